The lowest BCUT2D eigenvalue weighted by Crippen LogP contribution is -2.06. The topological polar surface area (TPSA) is 68.2 Å². The van der Waals surface area contributed by atoms with E-state index in [1.165, 1.54) is 11.3 Å². The van der Waals surface area contributed by atoms with Crippen LogP contribution >= 0.6 is 0 Å². The van der Waals surface area contributed by atoms with E-state index in [4.69, 9.17) is 5.73 Å². The van der Waals surface area contributed by atoms with Crippen LogP contribution in [0, 0.1) is 13.8 Å². The molecule has 2 aromatic rings. The van der Waals surface area contributed by atoms with Gasteiger partial charge >= 0.3 is 5.97 Å². The van der Waals surface area contributed by atoms with Crippen LogP contribution in [0.15, 0.2) is 12.1 Å². The molecule has 2 rings (SSSR count). The fourth-order valence-corrected chi connectivity index (χ4v) is 3.18. The van der Waals surface area contributed by atoms with Crippen LogP contribution in [0.25, 0.3) is 10.9 Å². The largest absolute Gasteiger partial charge is 0.478 e. The number of carboxylic acids is 1. The number of carboxylic acid groups (broad SMARTS) is 1. The summed E-state index contributed by atoms with van der Waals surface area (Å²) in [5, 5.41) is 10.7. The summed E-state index contributed by atoms with van der Waals surface area (Å²) in [4.78, 5) is 11.7. The smallest absolute Gasteiger partial charge is 0.337 e. The molecule has 4 nitrogen and oxygen atoms in total. The van der Waals surface area contributed by atoms with Gasteiger partial charge < -0.3 is 15.4 Å². The minimum atomic E-state index is -0.852. The van der Waals surface area contributed by atoms with Gasteiger partial charge in [-0.05, 0) is 62.9 Å². The Morgan fingerprint density at radius 2 is 2.00 bits per heavy atom. The first-order valence-electron chi connectivity index (χ1n) is 8.06. The van der Waals surface area contributed by atoms with Crippen molar-refractivity contribution in [2.24, 2.45) is 5.73 Å². The Labute approximate surface area is 131 Å². The van der Waals surface area contributed by atoms with Gasteiger partial charge in [-0.2, -0.15) is 0 Å². The molecule has 3 N–H and O–H groups in total. The standard InChI is InChI=1S/C18H26N2O2/c1-4-5-9-20-13(3)14(7-6-8-19)15-10-12(2)11-16(17(15)20)18(21)22/h10-11H,4-9,19H2,1-3H3,(H,21,22). The lowest BCUT2D eigenvalue weighted by Gasteiger charge is -2.10. The number of aryl methyl sites for hydroxylation is 3. The van der Waals surface area contributed by atoms with Crippen molar-refractivity contribution in [1.82, 2.24) is 4.57 Å². The second kappa shape index (κ2) is 6.97. The Balaban J connectivity index is 2.73. The number of aromatic nitrogens is 1. The van der Waals surface area contributed by atoms with Crippen LogP contribution in [0.2, 0.25) is 0 Å². The molecule has 0 radical (unpaired) electrons. The van der Waals surface area contributed by atoms with Crippen LogP contribution in [0.1, 0.15) is 53.4 Å². The molecule has 1 aromatic heterocycles. The molecule has 22 heavy (non-hydrogen) atoms. The van der Waals surface area contributed by atoms with Crippen molar-refractivity contribution >= 4 is 16.9 Å². The fourth-order valence-electron chi connectivity index (χ4n) is 3.18. The van der Waals surface area contributed by atoms with E-state index >= 15 is 0 Å². The third kappa shape index (κ3) is 3.02. The first-order valence-corrected chi connectivity index (χ1v) is 8.06. The molecule has 120 valence electrons. The molecule has 0 aliphatic carbocycles. The van der Waals surface area contributed by atoms with Crippen molar-refractivity contribution in [2.45, 2.75) is 53.0 Å². The lowest BCUT2D eigenvalue weighted by molar-refractivity contribution is 0.0698. The number of benzene rings is 1. The molecule has 0 amide bonds. The van der Waals surface area contributed by atoms with E-state index in [0.29, 0.717) is 12.1 Å². The molecule has 0 atom stereocenters. The first-order chi connectivity index (χ1) is 10.5. The monoisotopic (exact) mass is 302 g/mol. The number of fused-ring (bicyclic) bond motifs is 1. The number of carbonyl (C=O) groups is 1. The van der Waals surface area contributed by atoms with Crippen LogP contribution in [-0.4, -0.2) is 22.2 Å². The van der Waals surface area contributed by atoms with Crippen molar-refractivity contribution in [1.29, 1.82) is 0 Å². The highest BCUT2D eigenvalue weighted by Gasteiger charge is 2.20. The molecule has 4 heteroatoms. The van der Waals surface area contributed by atoms with Gasteiger partial charge in [0.15, 0.2) is 0 Å². The molecule has 0 spiro atoms. The molecular weight excluding hydrogens is 276 g/mol. The first kappa shape index (κ1) is 16.6. The summed E-state index contributed by atoms with van der Waals surface area (Å²) in [6, 6.07) is 3.89. The normalized spacial score (nSPS) is 11.3. The minimum absolute atomic E-state index is 0.410. The molecule has 0 saturated heterocycles. The average molecular weight is 302 g/mol. The Bertz CT molecular complexity index is 686. The summed E-state index contributed by atoms with van der Waals surface area (Å²) in [5.41, 5.74) is 10.4. The third-order valence-corrected chi connectivity index (χ3v) is 4.29. The predicted molar refractivity (Wildman–Crippen MR) is 90.7 cm³/mol. The zero-order valence-electron chi connectivity index (χ0n) is 13.8. The number of aromatic carboxylic acids is 1. The maximum Gasteiger partial charge on any atom is 0.337 e. The number of hydrogen-bond donors (Lipinski definition) is 2. The van der Waals surface area contributed by atoms with Gasteiger partial charge in [-0.25, -0.2) is 4.79 Å². The molecule has 1 aromatic carbocycles. The molecule has 0 aliphatic heterocycles. The quantitative estimate of drug-likeness (QED) is 0.820. The van der Waals surface area contributed by atoms with Gasteiger partial charge in [0.05, 0.1) is 11.1 Å². The van der Waals surface area contributed by atoms with Gasteiger partial charge in [0.1, 0.15) is 0 Å². The van der Waals surface area contributed by atoms with Crippen molar-refractivity contribution < 1.29 is 9.90 Å². The fraction of sp³-hybridized carbons (Fsp3) is 0.500. The second-order valence-electron chi connectivity index (χ2n) is 5.98. The Morgan fingerprint density at radius 1 is 1.27 bits per heavy atom. The summed E-state index contributed by atoms with van der Waals surface area (Å²) >= 11 is 0. The highest BCUT2D eigenvalue weighted by Crippen LogP contribution is 2.31. The number of nitrogens with zero attached hydrogens (tertiary/aromatic N) is 1. The molecule has 0 aliphatic rings. The minimum Gasteiger partial charge on any atom is -0.478 e. The van der Waals surface area contributed by atoms with Gasteiger partial charge in [0, 0.05) is 17.6 Å². The van der Waals surface area contributed by atoms with E-state index in [1.54, 1.807) is 6.07 Å². The maximum atomic E-state index is 11.7. The molecular formula is C18H26N2O2. The summed E-state index contributed by atoms with van der Waals surface area (Å²) in [5.74, 6) is -0.852. The van der Waals surface area contributed by atoms with E-state index in [-0.39, 0.29) is 0 Å². The number of unbranched alkanes of at least 4 members (excludes halogenated alkanes) is 1. The van der Waals surface area contributed by atoms with Crippen molar-refractivity contribution in [3.05, 3.63) is 34.5 Å². The predicted octanol–water partition coefficient (Wildman–Crippen LogP) is 3.65. The molecule has 0 fully saturated rings. The maximum absolute atomic E-state index is 11.7. The van der Waals surface area contributed by atoms with Gasteiger partial charge in [-0.15, -0.1) is 0 Å². The Morgan fingerprint density at radius 3 is 2.59 bits per heavy atom. The van der Waals surface area contributed by atoms with Crippen LogP contribution < -0.4 is 5.73 Å². The van der Waals surface area contributed by atoms with Crippen LogP contribution in [0.5, 0.6) is 0 Å². The number of hydrogen-bond acceptors (Lipinski definition) is 2. The summed E-state index contributed by atoms with van der Waals surface area (Å²) in [7, 11) is 0. The highest BCUT2D eigenvalue weighted by atomic mass is 16.4. The Hall–Kier alpha value is -1.81. The summed E-state index contributed by atoms with van der Waals surface area (Å²) in [6.45, 7) is 7.72. The third-order valence-electron chi connectivity index (χ3n) is 4.29. The van der Waals surface area contributed by atoms with E-state index < -0.39 is 5.97 Å². The summed E-state index contributed by atoms with van der Waals surface area (Å²) in [6.07, 6.45) is 3.96. The van der Waals surface area contributed by atoms with E-state index in [1.807, 2.05) is 6.92 Å². The molecule has 1 heterocycles. The van der Waals surface area contributed by atoms with Gasteiger partial charge in [0.2, 0.25) is 0 Å². The Kier molecular flexibility index (Phi) is 5.24. The van der Waals surface area contributed by atoms with E-state index in [2.05, 4.69) is 24.5 Å². The zero-order valence-corrected chi connectivity index (χ0v) is 13.8. The van der Waals surface area contributed by atoms with Crippen molar-refractivity contribution in [3.8, 4) is 0 Å². The molecule has 0 bridgehead atoms. The molecule has 0 unspecified atom stereocenters. The average Bonchev–Trinajstić information content (AvgIpc) is 2.73. The second-order valence-corrected chi connectivity index (χ2v) is 5.98. The number of nitrogens with two attached hydrogens (primary N) is 1. The highest BCUT2D eigenvalue weighted by molar-refractivity contribution is 6.04. The zero-order chi connectivity index (χ0) is 16.3. The summed E-state index contributed by atoms with van der Waals surface area (Å²) < 4.78 is 2.19. The van der Waals surface area contributed by atoms with Crippen molar-refractivity contribution in [2.75, 3.05) is 6.54 Å². The molecule has 0 saturated carbocycles. The number of rotatable bonds is 7. The van der Waals surface area contributed by atoms with E-state index in [0.717, 1.165) is 48.7 Å². The van der Waals surface area contributed by atoms with Crippen molar-refractivity contribution in [3.63, 3.8) is 0 Å². The SMILES string of the molecule is CCCCn1c(C)c(CCCN)c2cc(C)cc(C(=O)O)c21. The lowest BCUT2D eigenvalue weighted by atomic mass is 10.0. The van der Waals surface area contributed by atoms with E-state index in [9.17, 15) is 9.90 Å². The van der Waals surface area contributed by atoms with Gasteiger partial charge in [0.25, 0.3) is 0 Å². The van der Waals surface area contributed by atoms with Crippen LogP contribution in [0.4, 0.5) is 0 Å². The van der Waals surface area contributed by atoms with Crippen LogP contribution in [0.3, 0.4) is 0 Å². The van der Waals surface area contributed by atoms with Crippen LogP contribution in [-0.2, 0) is 13.0 Å². The van der Waals surface area contributed by atoms with Gasteiger partial charge in [-0.3, -0.25) is 0 Å². The van der Waals surface area contributed by atoms with Gasteiger partial charge in [-0.1, -0.05) is 13.3 Å².